The Hall–Kier alpha value is -1.55. The zero-order valence-corrected chi connectivity index (χ0v) is 12.4. The molecule has 1 nitrogen and oxygen atoms in total. The van der Waals surface area contributed by atoms with Crippen LogP contribution in [-0.2, 0) is 0 Å². The van der Waals surface area contributed by atoms with Crippen molar-refractivity contribution in [2.45, 2.75) is 51.9 Å². The van der Waals surface area contributed by atoms with E-state index in [2.05, 4.69) is 49.4 Å². The van der Waals surface area contributed by atoms with Crippen LogP contribution in [0.4, 0.5) is 0 Å². The van der Waals surface area contributed by atoms with Gasteiger partial charge >= 0.3 is 0 Å². The zero-order valence-electron chi connectivity index (χ0n) is 12.4. The van der Waals surface area contributed by atoms with Crippen LogP contribution in [0.5, 0.6) is 0 Å². The SMILES string of the molecule is C[C@]12CCCC[C@]1(C#N)C/C(=C/c1ccccc1)CC2. The van der Waals surface area contributed by atoms with Crippen LogP contribution in [0.15, 0.2) is 35.9 Å². The molecule has 0 amide bonds. The van der Waals surface area contributed by atoms with E-state index in [4.69, 9.17) is 0 Å². The van der Waals surface area contributed by atoms with Gasteiger partial charge in [0, 0.05) is 0 Å². The second-order valence-corrected chi connectivity index (χ2v) is 6.85. The van der Waals surface area contributed by atoms with Gasteiger partial charge in [0.25, 0.3) is 0 Å². The summed E-state index contributed by atoms with van der Waals surface area (Å²) in [4.78, 5) is 0. The van der Waals surface area contributed by atoms with Crippen molar-refractivity contribution < 1.29 is 0 Å². The molecule has 1 aromatic carbocycles. The molecule has 1 heteroatoms. The van der Waals surface area contributed by atoms with Gasteiger partial charge in [0.05, 0.1) is 11.5 Å². The molecule has 1 aromatic rings. The van der Waals surface area contributed by atoms with Gasteiger partial charge in [0.1, 0.15) is 0 Å². The number of allylic oxidation sites excluding steroid dienone is 1. The highest BCUT2D eigenvalue weighted by Gasteiger charge is 2.52. The molecule has 2 saturated carbocycles. The summed E-state index contributed by atoms with van der Waals surface area (Å²) in [6.07, 6.45) is 10.5. The van der Waals surface area contributed by atoms with E-state index in [1.54, 1.807) is 0 Å². The van der Waals surface area contributed by atoms with Crippen LogP contribution in [0.3, 0.4) is 0 Å². The summed E-state index contributed by atoms with van der Waals surface area (Å²) in [6.45, 7) is 2.36. The minimum atomic E-state index is -0.107. The van der Waals surface area contributed by atoms with E-state index in [-0.39, 0.29) is 10.8 Å². The Kier molecular flexibility index (Phi) is 3.42. The lowest BCUT2D eigenvalue weighted by atomic mass is 9.50. The van der Waals surface area contributed by atoms with E-state index in [9.17, 15) is 5.26 Å². The maximum absolute atomic E-state index is 9.85. The summed E-state index contributed by atoms with van der Waals surface area (Å²) < 4.78 is 0. The third-order valence-corrected chi connectivity index (χ3v) is 5.65. The molecule has 0 unspecified atom stereocenters. The number of benzene rings is 1. The van der Waals surface area contributed by atoms with Gasteiger partial charge in [0.15, 0.2) is 0 Å². The van der Waals surface area contributed by atoms with E-state index in [0.29, 0.717) is 0 Å². The van der Waals surface area contributed by atoms with Gasteiger partial charge in [-0.2, -0.15) is 5.26 Å². The van der Waals surface area contributed by atoms with Gasteiger partial charge in [-0.05, 0) is 43.1 Å². The molecular weight excluding hydrogens is 242 g/mol. The number of hydrogen-bond acceptors (Lipinski definition) is 1. The average molecular weight is 265 g/mol. The molecule has 2 fully saturated rings. The molecule has 2 aliphatic carbocycles. The van der Waals surface area contributed by atoms with Gasteiger partial charge in [-0.25, -0.2) is 0 Å². The third kappa shape index (κ3) is 2.18. The molecule has 0 N–H and O–H groups in total. The molecule has 2 atom stereocenters. The predicted molar refractivity (Wildman–Crippen MR) is 82.9 cm³/mol. The molecule has 0 bridgehead atoms. The van der Waals surface area contributed by atoms with Gasteiger partial charge in [-0.15, -0.1) is 0 Å². The molecule has 104 valence electrons. The standard InChI is InChI=1S/C19H23N/c1-18-10-5-6-11-19(18,15-20)14-17(9-12-18)13-16-7-3-2-4-8-16/h2-4,7-8,13H,5-6,9-12,14H2,1H3/b17-13+/t18-,19-/m1/s1. The van der Waals surface area contributed by atoms with Crippen LogP contribution in [0.25, 0.3) is 6.08 Å². The number of hydrogen-bond donors (Lipinski definition) is 0. The summed E-state index contributed by atoms with van der Waals surface area (Å²) in [5.74, 6) is 0. The number of nitriles is 1. The lowest BCUT2D eigenvalue weighted by Gasteiger charge is -2.51. The number of fused-ring (bicyclic) bond motifs is 1. The summed E-state index contributed by atoms with van der Waals surface area (Å²) in [5.41, 5.74) is 2.88. The van der Waals surface area contributed by atoms with Crippen LogP contribution in [0.2, 0.25) is 0 Å². The normalized spacial score (nSPS) is 35.3. The summed E-state index contributed by atoms with van der Waals surface area (Å²) in [5, 5.41) is 9.85. The first kappa shape index (κ1) is 13.4. The van der Waals surface area contributed by atoms with Crippen molar-refractivity contribution >= 4 is 6.08 Å². The minimum absolute atomic E-state index is 0.107. The zero-order chi connectivity index (χ0) is 14.1. The second kappa shape index (κ2) is 5.09. The molecule has 0 heterocycles. The van der Waals surface area contributed by atoms with Gasteiger partial charge in [-0.3, -0.25) is 0 Å². The Bertz CT molecular complexity index is 551. The van der Waals surface area contributed by atoms with Crippen LogP contribution < -0.4 is 0 Å². The molecule has 0 radical (unpaired) electrons. The quantitative estimate of drug-likeness (QED) is 0.672. The Morgan fingerprint density at radius 1 is 1.10 bits per heavy atom. The lowest BCUT2D eigenvalue weighted by molar-refractivity contribution is 0.0248. The molecule has 2 aliphatic rings. The van der Waals surface area contributed by atoms with E-state index in [1.807, 2.05) is 0 Å². The van der Waals surface area contributed by atoms with Crippen LogP contribution in [0, 0.1) is 22.2 Å². The van der Waals surface area contributed by atoms with Crippen LogP contribution >= 0.6 is 0 Å². The molecule has 3 rings (SSSR count). The van der Waals surface area contributed by atoms with Crippen molar-refractivity contribution in [3.8, 4) is 6.07 Å². The van der Waals surface area contributed by atoms with Crippen LogP contribution in [0.1, 0.15) is 57.4 Å². The average Bonchev–Trinajstić information content (AvgIpc) is 2.48. The second-order valence-electron chi connectivity index (χ2n) is 6.85. The number of nitrogens with zero attached hydrogens (tertiary/aromatic N) is 1. The van der Waals surface area contributed by atoms with Crippen molar-refractivity contribution in [1.29, 1.82) is 5.26 Å². The highest BCUT2D eigenvalue weighted by molar-refractivity contribution is 5.53. The van der Waals surface area contributed by atoms with E-state index in [1.165, 1.54) is 36.8 Å². The molecule has 20 heavy (non-hydrogen) atoms. The predicted octanol–water partition coefficient (Wildman–Crippen LogP) is 5.34. The van der Waals surface area contributed by atoms with Crippen molar-refractivity contribution in [2.75, 3.05) is 0 Å². The van der Waals surface area contributed by atoms with Crippen molar-refractivity contribution in [2.24, 2.45) is 10.8 Å². The Morgan fingerprint density at radius 3 is 2.60 bits per heavy atom. The van der Waals surface area contributed by atoms with Gasteiger partial charge in [-0.1, -0.05) is 61.7 Å². The lowest BCUT2D eigenvalue weighted by Crippen LogP contribution is -2.44. The van der Waals surface area contributed by atoms with Gasteiger partial charge < -0.3 is 0 Å². The fraction of sp³-hybridized carbons (Fsp3) is 0.526. The molecule has 0 spiro atoms. The molecular formula is C19H23N. The number of rotatable bonds is 1. The van der Waals surface area contributed by atoms with Crippen molar-refractivity contribution in [1.82, 2.24) is 0 Å². The summed E-state index contributed by atoms with van der Waals surface area (Å²) in [7, 11) is 0. The van der Waals surface area contributed by atoms with E-state index < -0.39 is 0 Å². The molecule has 0 aliphatic heterocycles. The topological polar surface area (TPSA) is 23.8 Å². The maximum atomic E-state index is 9.85. The highest BCUT2D eigenvalue weighted by Crippen LogP contribution is 2.59. The molecule has 0 aromatic heterocycles. The third-order valence-electron chi connectivity index (χ3n) is 5.65. The largest absolute Gasteiger partial charge is 0.198 e. The van der Waals surface area contributed by atoms with Crippen molar-refractivity contribution in [3.63, 3.8) is 0 Å². The van der Waals surface area contributed by atoms with E-state index in [0.717, 1.165) is 19.3 Å². The fourth-order valence-electron chi connectivity index (χ4n) is 4.20. The first-order valence-corrected chi connectivity index (χ1v) is 7.83. The van der Waals surface area contributed by atoms with E-state index >= 15 is 0 Å². The van der Waals surface area contributed by atoms with Crippen molar-refractivity contribution in [3.05, 3.63) is 41.5 Å². The summed E-state index contributed by atoms with van der Waals surface area (Å²) in [6, 6.07) is 13.3. The first-order valence-electron chi connectivity index (χ1n) is 7.83. The Balaban J connectivity index is 1.89. The monoisotopic (exact) mass is 265 g/mol. The maximum Gasteiger partial charge on any atom is 0.0698 e. The minimum Gasteiger partial charge on any atom is -0.198 e. The highest BCUT2D eigenvalue weighted by atomic mass is 14.6. The molecule has 0 saturated heterocycles. The van der Waals surface area contributed by atoms with Gasteiger partial charge in [0.2, 0.25) is 0 Å². The summed E-state index contributed by atoms with van der Waals surface area (Å²) >= 11 is 0. The Morgan fingerprint density at radius 2 is 1.85 bits per heavy atom. The Labute approximate surface area is 122 Å². The smallest absolute Gasteiger partial charge is 0.0698 e. The van der Waals surface area contributed by atoms with Crippen LogP contribution in [-0.4, -0.2) is 0 Å². The first-order chi connectivity index (χ1) is 9.67. The fourth-order valence-corrected chi connectivity index (χ4v) is 4.20.